The molecule has 7 heteroatoms. The normalized spacial score (nSPS) is 18.0. The lowest BCUT2D eigenvalue weighted by Crippen LogP contribution is -2.46. The molecule has 0 saturated carbocycles. The van der Waals surface area contributed by atoms with Crippen molar-refractivity contribution in [2.45, 2.75) is 25.9 Å². The Morgan fingerprint density at radius 2 is 2.00 bits per heavy atom. The van der Waals surface area contributed by atoms with Crippen LogP contribution in [0.2, 0.25) is 0 Å². The van der Waals surface area contributed by atoms with Gasteiger partial charge in [-0.3, -0.25) is 4.99 Å². The van der Waals surface area contributed by atoms with Gasteiger partial charge in [0.25, 0.3) is 0 Å². The molecule has 0 aromatic heterocycles. The van der Waals surface area contributed by atoms with E-state index in [1.807, 2.05) is 0 Å². The van der Waals surface area contributed by atoms with Gasteiger partial charge in [0, 0.05) is 50.5 Å². The van der Waals surface area contributed by atoms with Gasteiger partial charge in [-0.25, -0.2) is 0 Å². The molecule has 2 rings (SSSR count). The topological polar surface area (TPSA) is 48.9 Å². The van der Waals surface area contributed by atoms with Crippen LogP contribution in [-0.4, -0.2) is 51.9 Å². The van der Waals surface area contributed by atoms with E-state index < -0.39 is 0 Å². The van der Waals surface area contributed by atoms with Crippen molar-refractivity contribution in [1.29, 1.82) is 0 Å². The molecule has 1 aromatic rings. The Hall–Kier alpha value is -0.540. The van der Waals surface area contributed by atoms with Crippen LogP contribution in [0.4, 0.5) is 5.69 Å². The second-order valence-electron chi connectivity index (χ2n) is 6.85. The number of methoxy groups -OCH3 is 1. The number of nitrogens with one attached hydrogen (secondary N) is 2. The molecule has 0 amide bonds. The first kappa shape index (κ1) is 22.5. The molecule has 1 unspecified atom stereocenters. The molecule has 0 spiro atoms. The summed E-state index contributed by atoms with van der Waals surface area (Å²) in [7, 11) is 3.53. The smallest absolute Gasteiger partial charge is 0.191 e. The van der Waals surface area contributed by atoms with Crippen molar-refractivity contribution in [2.75, 3.05) is 45.2 Å². The SMILES string of the molecule is CN=C(NCC1CCN(c2ccc(Br)cc2)C1)NCC(C)(C)OC.I. The summed E-state index contributed by atoms with van der Waals surface area (Å²) < 4.78 is 6.55. The highest BCUT2D eigenvalue weighted by Crippen LogP contribution is 2.24. The van der Waals surface area contributed by atoms with Crippen LogP contribution in [-0.2, 0) is 4.74 Å². The summed E-state index contributed by atoms with van der Waals surface area (Å²) in [5.41, 5.74) is 1.09. The van der Waals surface area contributed by atoms with Crippen molar-refractivity contribution in [2.24, 2.45) is 10.9 Å². The monoisotopic (exact) mass is 524 g/mol. The van der Waals surface area contributed by atoms with Crippen LogP contribution >= 0.6 is 39.9 Å². The Bertz CT molecular complexity index is 551. The zero-order valence-electron chi connectivity index (χ0n) is 15.5. The summed E-state index contributed by atoms with van der Waals surface area (Å²) >= 11 is 3.49. The molecule has 1 heterocycles. The van der Waals surface area contributed by atoms with Gasteiger partial charge in [0.05, 0.1) is 5.60 Å². The van der Waals surface area contributed by atoms with E-state index in [0.29, 0.717) is 5.92 Å². The molecule has 0 radical (unpaired) electrons. The van der Waals surface area contributed by atoms with Gasteiger partial charge in [-0.15, -0.1) is 24.0 Å². The Kier molecular flexibility index (Phi) is 9.51. The van der Waals surface area contributed by atoms with Crippen LogP contribution in [0.3, 0.4) is 0 Å². The summed E-state index contributed by atoms with van der Waals surface area (Å²) in [5, 5.41) is 6.77. The van der Waals surface area contributed by atoms with Crippen LogP contribution in [0.15, 0.2) is 33.7 Å². The molecule has 1 aromatic carbocycles. The second kappa shape index (κ2) is 10.6. The number of aliphatic imine (C=N–C) groups is 1. The molecule has 25 heavy (non-hydrogen) atoms. The van der Waals surface area contributed by atoms with E-state index in [2.05, 4.69) is 74.6 Å². The lowest BCUT2D eigenvalue weighted by molar-refractivity contribution is 0.0268. The molecule has 1 aliphatic heterocycles. The number of anilines is 1. The second-order valence-corrected chi connectivity index (χ2v) is 7.76. The number of guanidine groups is 1. The summed E-state index contributed by atoms with van der Waals surface area (Å²) in [6.07, 6.45) is 1.20. The molecule has 1 fully saturated rings. The minimum absolute atomic E-state index is 0. The maximum Gasteiger partial charge on any atom is 0.191 e. The highest BCUT2D eigenvalue weighted by molar-refractivity contribution is 14.0. The Morgan fingerprint density at radius 3 is 2.60 bits per heavy atom. The number of hydrogen-bond acceptors (Lipinski definition) is 3. The van der Waals surface area contributed by atoms with E-state index >= 15 is 0 Å². The van der Waals surface area contributed by atoms with Gasteiger partial charge in [0.2, 0.25) is 0 Å². The van der Waals surface area contributed by atoms with Crippen LogP contribution < -0.4 is 15.5 Å². The zero-order chi connectivity index (χ0) is 17.6. The number of hydrogen-bond donors (Lipinski definition) is 2. The molecule has 5 nitrogen and oxygen atoms in total. The number of rotatable bonds is 6. The third-order valence-corrected chi connectivity index (χ3v) is 5.02. The van der Waals surface area contributed by atoms with Crippen LogP contribution in [0, 0.1) is 5.92 Å². The Labute approximate surface area is 177 Å². The van der Waals surface area contributed by atoms with Crippen molar-refractivity contribution in [3.8, 4) is 0 Å². The van der Waals surface area contributed by atoms with Gasteiger partial charge >= 0.3 is 0 Å². The molecule has 0 aliphatic carbocycles. The number of nitrogens with zero attached hydrogens (tertiary/aromatic N) is 2. The van der Waals surface area contributed by atoms with Crippen LogP contribution in [0.1, 0.15) is 20.3 Å². The summed E-state index contributed by atoms with van der Waals surface area (Å²) in [5.74, 6) is 1.46. The lowest BCUT2D eigenvalue weighted by Gasteiger charge is -2.25. The molecular weight excluding hydrogens is 495 g/mol. The van der Waals surface area contributed by atoms with Crippen molar-refractivity contribution >= 4 is 51.6 Å². The molecule has 1 saturated heterocycles. The fourth-order valence-corrected chi connectivity index (χ4v) is 2.98. The lowest BCUT2D eigenvalue weighted by atomic mass is 10.1. The maximum absolute atomic E-state index is 5.43. The standard InChI is InChI=1S/C18H29BrN4O.HI/c1-18(2,24-4)13-22-17(20-3)21-11-14-9-10-23(12-14)16-7-5-15(19)6-8-16;/h5-8,14H,9-13H2,1-4H3,(H2,20,21,22);1H. The predicted octanol–water partition coefficient (Wildman–Crippen LogP) is 3.48. The van der Waals surface area contributed by atoms with E-state index in [1.165, 1.54) is 12.1 Å². The quantitative estimate of drug-likeness (QED) is 0.340. The van der Waals surface area contributed by atoms with Crippen LogP contribution in [0.25, 0.3) is 0 Å². The van der Waals surface area contributed by atoms with Crippen molar-refractivity contribution in [3.63, 3.8) is 0 Å². The van der Waals surface area contributed by atoms with Crippen molar-refractivity contribution < 1.29 is 4.74 Å². The van der Waals surface area contributed by atoms with Crippen LogP contribution in [0.5, 0.6) is 0 Å². The highest BCUT2D eigenvalue weighted by Gasteiger charge is 2.23. The van der Waals surface area contributed by atoms with Gasteiger partial charge in [-0.05, 0) is 50.5 Å². The third kappa shape index (κ3) is 7.30. The average Bonchev–Trinajstić information content (AvgIpc) is 3.04. The molecule has 142 valence electrons. The first-order chi connectivity index (χ1) is 11.4. The fourth-order valence-electron chi connectivity index (χ4n) is 2.72. The first-order valence-electron chi connectivity index (χ1n) is 8.44. The largest absolute Gasteiger partial charge is 0.377 e. The summed E-state index contributed by atoms with van der Waals surface area (Å²) in [6, 6.07) is 8.55. The van der Waals surface area contributed by atoms with E-state index in [4.69, 9.17) is 4.74 Å². The highest BCUT2D eigenvalue weighted by atomic mass is 127. The van der Waals surface area contributed by atoms with E-state index in [-0.39, 0.29) is 29.6 Å². The Morgan fingerprint density at radius 1 is 1.32 bits per heavy atom. The van der Waals surface area contributed by atoms with Gasteiger partial charge in [-0.2, -0.15) is 0 Å². The average molecular weight is 525 g/mol. The van der Waals surface area contributed by atoms with Crippen molar-refractivity contribution in [1.82, 2.24) is 10.6 Å². The molecule has 0 bridgehead atoms. The summed E-state index contributed by atoms with van der Waals surface area (Å²) in [6.45, 7) is 7.95. The fraction of sp³-hybridized carbons (Fsp3) is 0.611. The molecule has 1 atom stereocenters. The van der Waals surface area contributed by atoms with Gasteiger partial charge in [0.15, 0.2) is 5.96 Å². The molecule has 1 aliphatic rings. The maximum atomic E-state index is 5.43. The predicted molar refractivity (Wildman–Crippen MR) is 120 cm³/mol. The van der Waals surface area contributed by atoms with Gasteiger partial charge in [0.1, 0.15) is 0 Å². The Balaban J connectivity index is 0.00000312. The molecular formula is C18H30BrIN4O. The number of halogens is 2. The van der Waals surface area contributed by atoms with Crippen molar-refractivity contribution in [3.05, 3.63) is 28.7 Å². The van der Waals surface area contributed by atoms with E-state index in [0.717, 1.165) is 36.6 Å². The third-order valence-electron chi connectivity index (χ3n) is 4.49. The first-order valence-corrected chi connectivity index (χ1v) is 9.23. The minimum atomic E-state index is -0.205. The number of benzene rings is 1. The number of ether oxygens (including phenoxy) is 1. The molecule has 2 N–H and O–H groups in total. The van der Waals surface area contributed by atoms with E-state index in [1.54, 1.807) is 14.2 Å². The zero-order valence-corrected chi connectivity index (χ0v) is 19.4. The van der Waals surface area contributed by atoms with Gasteiger partial charge < -0.3 is 20.3 Å². The summed E-state index contributed by atoms with van der Waals surface area (Å²) in [4.78, 5) is 6.74. The van der Waals surface area contributed by atoms with E-state index in [9.17, 15) is 0 Å². The minimum Gasteiger partial charge on any atom is -0.377 e. The van der Waals surface area contributed by atoms with Gasteiger partial charge in [-0.1, -0.05) is 15.9 Å².